The molecule has 6 heteroatoms. The van der Waals surface area contributed by atoms with Gasteiger partial charge in [-0.3, -0.25) is 4.79 Å². The molecule has 1 heterocycles. The number of halogens is 2. The van der Waals surface area contributed by atoms with Crippen molar-refractivity contribution in [2.45, 2.75) is 0 Å². The smallest absolute Gasteiger partial charge is 0.260 e. The first-order chi connectivity index (χ1) is 11.6. The van der Waals surface area contributed by atoms with Crippen LogP contribution in [-0.4, -0.2) is 43.6 Å². The van der Waals surface area contributed by atoms with Crippen LogP contribution in [0.2, 0.25) is 0 Å². The summed E-state index contributed by atoms with van der Waals surface area (Å²) in [4.78, 5) is 16.5. The van der Waals surface area contributed by atoms with Crippen molar-refractivity contribution in [3.63, 3.8) is 0 Å². The van der Waals surface area contributed by atoms with Crippen molar-refractivity contribution in [1.29, 1.82) is 0 Å². The van der Waals surface area contributed by atoms with E-state index in [2.05, 4.69) is 48.9 Å². The molecule has 0 atom stereocenters. The molecule has 0 aromatic heterocycles. The second-order valence-electron chi connectivity index (χ2n) is 5.57. The average molecular weight is 454 g/mol. The third-order valence-electron chi connectivity index (χ3n) is 4.00. The van der Waals surface area contributed by atoms with E-state index in [0.717, 1.165) is 35.1 Å². The molecule has 0 aliphatic carbocycles. The highest BCUT2D eigenvalue weighted by Crippen LogP contribution is 2.28. The highest BCUT2D eigenvalue weighted by Gasteiger charge is 2.21. The van der Waals surface area contributed by atoms with Crippen LogP contribution >= 0.6 is 31.9 Å². The van der Waals surface area contributed by atoms with Gasteiger partial charge in [0, 0.05) is 36.3 Å². The molecule has 0 bridgehead atoms. The largest absolute Gasteiger partial charge is 0.483 e. The molecule has 1 aliphatic heterocycles. The van der Waals surface area contributed by atoms with Gasteiger partial charge in [0.15, 0.2) is 6.61 Å². The van der Waals surface area contributed by atoms with E-state index >= 15 is 0 Å². The fraction of sp³-hybridized carbons (Fsp3) is 0.278. The topological polar surface area (TPSA) is 32.8 Å². The predicted octanol–water partition coefficient (Wildman–Crippen LogP) is 3.94. The van der Waals surface area contributed by atoms with Crippen molar-refractivity contribution in [3.8, 4) is 5.75 Å². The molecular formula is C18H18Br2N2O2. The Hall–Kier alpha value is -1.53. The summed E-state index contributed by atoms with van der Waals surface area (Å²) >= 11 is 6.84. The van der Waals surface area contributed by atoms with Crippen molar-refractivity contribution in [2.24, 2.45) is 0 Å². The number of hydrogen-bond acceptors (Lipinski definition) is 3. The third-order valence-corrected chi connectivity index (χ3v) is 5.11. The average Bonchev–Trinajstić information content (AvgIpc) is 2.62. The molecule has 1 fully saturated rings. The van der Waals surface area contributed by atoms with Crippen LogP contribution < -0.4 is 9.64 Å². The number of hydrogen-bond donors (Lipinski definition) is 0. The summed E-state index contributed by atoms with van der Waals surface area (Å²) in [6, 6.07) is 15.9. The van der Waals surface area contributed by atoms with Gasteiger partial charge in [0.2, 0.25) is 0 Å². The van der Waals surface area contributed by atoms with Crippen LogP contribution in [0, 0.1) is 0 Å². The van der Waals surface area contributed by atoms with Crippen LogP contribution in [0.25, 0.3) is 0 Å². The van der Waals surface area contributed by atoms with Gasteiger partial charge in [-0.05, 0) is 46.3 Å². The number of nitrogens with zero attached hydrogens (tertiary/aromatic N) is 2. The highest BCUT2D eigenvalue weighted by molar-refractivity contribution is 9.11. The second-order valence-corrected chi connectivity index (χ2v) is 7.34. The van der Waals surface area contributed by atoms with E-state index in [1.807, 2.05) is 41.3 Å². The van der Waals surface area contributed by atoms with Crippen LogP contribution in [0.4, 0.5) is 5.69 Å². The van der Waals surface area contributed by atoms with Crippen LogP contribution in [0.15, 0.2) is 57.5 Å². The van der Waals surface area contributed by atoms with Crippen LogP contribution in [-0.2, 0) is 4.79 Å². The molecule has 0 saturated carbocycles. The van der Waals surface area contributed by atoms with E-state index in [1.54, 1.807) is 0 Å². The minimum atomic E-state index is 0.0255. The van der Waals surface area contributed by atoms with Crippen LogP contribution in [0.3, 0.4) is 0 Å². The third kappa shape index (κ3) is 4.30. The van der Waals surface area contributed by atoms with E-state index in [1.165, 1.54) is 5.69 Å². The number of amides is 1. The minimum Gasteiger partial charge on any atom is -0.483 e. The molecule has 0 unspecified atom stereocenters. The van der Waals surface area contributed by atoms with Gasteiger partial charge in [0.1, 0.15) is 5.75 Å². The molecule has 0 N–H and O–H groups in total. The molecule has 24 heavy (non-hydrogen) atoms. The van der Waals surface area contributed by atoms with Gasteiger partial charge in [-0.15, -0.1) is 0 Å². The Labute approximate surface area is 158 Å². The zero-order valence-electron chi connectivity index (χ0n) is 13.1. The van der Waals surface area contributed by atoms with Crippen molar-refractivity contribution >= 4 is 43.5 Å². The van der Waals surface area contributed by atoms with Crippen molar-refractivity contribution < 1.29 is 9.53 Å². The van der Waals surface area contributed by atoms with Crippen LogP contribution in [0.5, 0.6) is 5.75 Å². The monoisotopic (exact) mass is 452 g/mol. The molecule has 2 aromatic rings. The molecule has 0 radical (unpaired) electrons. The number of piperazine rings is 1. The lowest BCUT2D eigenvalue weighted by atomic mass is 10.2. The Morgan fingerprint density at radius 3 is 2.38 bits per heavy atom. The zero-order chi connectivity index (χ0) is 16.9. The zero-order valence-corrected chi connectivity index (χ0v) is 16.3. The van der Waals surface area contributed by atoms with E-state index in [0.29, 0.717) is 5.75 Å². The maximum Gasteiger partial charge on any atom is 0.260 e. The maximum atomic E-state index is 12.4. The van der Waals surface area contributed by atoms with Gasteiger partial charge in [0.05, 0.1) is 4.47 Å². The number of para-hydroxylation sites is 1. The fourth-order valence-corrected chi connectivity index (χ4v) is 3.84. The standard InChI is InChI=1S/C18H18Br2N2O2/c19-14-6-7-17(16(20)12-14)24-13-18(23)22-10-8-21(9-11-22)15-4-2-1-3-5-15/h1-7,12H,8-11,13H2. The quantitative estimate of drug-likeness (QED) is 0.702. The predicted molar refractivity (Wildman–Crippen MR) is 103 cm³/mol. The second kappa shape index (κ2) is 8.03. The van der Waals surface area contributed by atoms with Gasteiger partial charge in [-0.2, -0.15) is 0 Å². The molecule has 4 nitrogen and oxygen atoms in total. The lowest BCUT2D eigenvalue weighted by molar-refractivity contribution is -0.133. The molecule has 1 amide bonds. The number of benzene rings is 2. The molecule has 3 rings (SSSR count). The van der Waals surface area contributed by atoms with E-state index in [-0.39, 0.29) is 12.5 Å². The minimum absolute atomic E-state index is 0.0255. The highest BCUT2D eigenvalue weighted by atomic mass is 79.9. The van der Waals surface area contributed by atoms with Gasteiger partial charge in [-0.25, -0.2) is 0 Å². The first-order valence-electron chi connectivity index (χ1n) is 7.79. The lowest BCUT2D eigenvalue weighted by Crippen LogP contribution is -2.50. The summed E-state index contributed by atoms with van der Waals surface area (Å²) in [5, 5.41) is 0. The normalized spacial score (nSPS) is 14.6. The fourth-order valence-electron chi connectivity index (χ4n) is 2.68. The Bertz CT molecular complexity index is 701. The summed E-state index contributed by atoms with van der Waals surface area (Å²) < 4.78 is 7.44. The molecular weight excluding hydrogens is 436 g/mol. The van der Waals surface area contributed by atoms with E-state index in [4.69, 9.17) is 4.74 Å². The Balaban J connectivity index is 1.50. The number of carbonyl (C=O) groups is 1. The first kappa shape index (κ1) is 17.3. The number of rotatable bonds is 4. The Morgan fingerprint density at radius 2 is 1.71 bits per heavy atom. The summed E-state index contributed by atoms with van der Waals surface area (Å²) in [5.41, 5.74) is 1.21. The Kier molecular flexibility index (Phi) is 5.79. The molecule has 1 aliphatic rings. The van der Waals surface area contributed by atoms with E-state index < -0.39 is 0 Å². The van der Waals surface area contributed by atoms with E-state index in [9.17, 15) is 4.79 Å². The molecule has 1 saturated heterocycles. The summed E-state index contributed by atoms with van der Waals surface area (Å²) in [6.07, 6.45) is 0. The summed E-state index contributed by atoms with van der Waals surface area (Å²) in [5.74, 6) is 0.701. The van der Waals surface area contributed by atoms with Gasteiger partial charge in [0.25, 0.3) is 5.91 Å². The van der Waals surface area contributed by atoms with Gasteiger partial charge >= 0.3 is 0 Å². The molecule has 126 valence electrons. The number of anilines is 1. The summed E-state index contributed by atoms with van der Waals surface area (Å²) in [7, 11) is 0. The van der Waals surface area contributed by atoms with Crippen LogP contribution in [0.1, 0.15) is 0 Å². The van der Waals surface area contributed by atoms with Crippen molar-refractivity contribution in [1.82, 2.24) is 4.90 Å². The van der Waals surface area contributed by atoms with Crippen molar-refractivity contribution in [3.05, 3.63) is 57.5 Å². The molecule has 0 spiro atoms. The van der Waals surface area contributed by atoms with Crippen molar-refractivity contribution in [2.75, 3.05) is 37.7 Å². The first-order valence-corrected chi connectivity index (χ1v) is 9.38. The van der Waals surface area contributed by atoms with Gasteiger partial charge in [-0.1, -0.05) is 34.1 Å². The number of carbonyl (C=O) groups excluding carboxylic acids is 1. The van der Waals surface area contributed by atoms with Gasteiger partial charge < -0.3 is 14.5 Å². The molecule has 2 aromatic carbocycles. The maximum absolute atomic E-state index is 12.4. The number of ether oxygens (including phenoxy) is 1. The SMILES string of the molecule is O=C(COc1ccc(Br)cc1Br)N1CCN(c2ccccc2)CC1. The lowest BCUT2D eigenvalue weighted by Gasteiger charge is -2.36. The summed E-state index contributed by atoms with van der Waals surface area (Å²) in [6.45, 7) is 3.19. The Morgan fingerprint density at radius 1 is 1.00 bits per heavy atom.